The number of fused-ring (bicyclic) bond motifs is 1. The zero-order valence-corrected chi connectivity index (χ0v) is 15.2. The quantitative estimate of drug-likeness (QED) is 0.703. The predicted octanol–water partition coefficient (Wildman–Crippen LogP) is 2.08. The molecule has 3 N–H and O–H groups in total. The van der Waals surface area contributed by atoms with Crippen LogP contribution in [0.1, 0.15) is 34.1 Å². The maximum atomic E-state index is 12.2. The molecule has 1 heterocycles. The van der Waals surface area contributed by atoms with Gasteiger partial charge in [0.2, 0.25) is 12.7 Å². The van der Waals surface area contributed by atoms with Gasteiger partial charge in [0.25, 0.3) is 11.8 Å². The second-order valence-corrected chi connectivity index (χ2v) is 6.86. The SMILES string of the molecule is CC1CC1C(=O)Nc1ccc(C(=O)NNC(=O)c2ccc3c(c2)OCO3)cc1. The molecule has 28 heavy (non-hydrogen) atoms. The first-order valence-corrected chi connectivity index (χ1v) is 8.92. The average Bonchev–Trinajstić information content (AvgIpc) is 3.25. The van der Waals surface area contributed by atoms with Gasteiger partial charge >= 0.3 is 0 Å². The molecule has 1 aliphatic carbocycles. The second kappa shape index (κ2) is 7.22. The Hall–Kier alpha value is -3.55. The van der Waals surface area contributed by atoms with Crippen molar-refractivity contribution in [3.05, 3.63) is 53.6 Å². The van der Waals surface area contributed by atoms with Crippen LogP contribution in [0.2, 0.25) is 0 Å². The minimum absolute atomic E-state index is 0.000640. The van der Waals surface area contributed by atoms with Crippen LogP contribution in [0.4, 0.5) is 5.69 Å². The number of anilines is 1. The number of rotatable bonds is 4. The summed E-state index contributed by atoms with van der Waals surface area (Å²) in [7, 11) is 0. The van der Waals surface area contributed by atoms with Crippen LogP contribution in [-0.4, -0.2) is 24.5 Å². The Kier molecular flexibility index (Phi) is 4.60. The van der Waals surface area contributed by atoms with Crippen LogP contribution in [0.3, 0.4) is 0 Å². The number of carbonyl (C=O) groups is 3. The summed E-state index contributed by atoms with van der Waals surface area (Å²) in [6.07, 6.45) is 0.912. The number of amides is 3. The molecule has 0 spiro atoms. The monoisotopic (exact) mass is 381 g/mol. The van der Waals surface area contributed by atoms with Crippen molar-refractivity contribution >= 4 is 23.4 Å². The van der Waals surface area contributed by atoms with Crippen molar-refractivity contribution in [3.8, 4) is 11.5 Å². The number of hydrazine groups is 1. The van der Waals surface area contributed by atoms with Gasteiger partial charge in [-0.1, -0.05) is 6.92 Å². The van der Waals surface area contributed by atoms with Crippen molar-refractivity contribution < 1.29 is 23.9 Å². The van der Waals surface area contributed by atoms with E-state index in [-0.39, 0.29) is 18.6 Å². The van der Waals surface area contributed by atoms with E-state index >= 15 is 0 Å². The second-order valence-electron chi connectivity index (χ2n) is 6.86. The fourth-order valence-electron chi connectivity index (χ4n) is 2.92. The Morgan fingerprint density at radius 2 is 1.50 bits per heavy atom. The molecule has 3 amide bonds. The van der Waals surface area contributed by atoms with Crippen LogP contribution in [0.5, 0.6) is 11.5 Å². The molecule has 2 unspecified atom stereocenters. The molecule has 2 aromatic carbocycles. The van der Waals surface area contributed by atoms with Gasteiger partial charge in [0, 0.05) is 22.7 Å². The fourth-order valence-corrected chi connectivity index (χ4v) is 2.92. The summed E-state index contributed by atoms with van der Waals surface area (Å²) in [5, 5.41) is 2.83. The first kappa shape index (κ1) is 17.8. The van der Waals surface area contributed by atoms with Crippen molar-refractivity contribution in [3.63, 3.8) is 0 Å². The van der Waals surface area contributed by atoms with Crippen LogP contribution < -0.4 is 25.6 Å². The van der Waals surface area contributed by atoms with Gasteiger partial charge in [0.05, 0.1) is 0 Å². The van der Waals surface area contributed by atoms with Crippen molar-refractivity contribution in [1.82, 2.24) is 10.9 Å². The number of hydrogen-bond acceptors (Lipinski definition) is 5. The van der Waals surface area contributed by atoms with Crippen LogP contribution in [-0.2, 0) is 4.79 Å². The van der Waals surface area contributed by atoms with E-state index < -0.39 is 11.8 Å². The summed E-state index contributed by atoms with van der Waals surface area (Å²) in [6.45, 7) is 2.16. The Morgan fingerprint density at radius 3 is 2.18 bits per heavy atom. The summed E-state index contributed by atoms with van der Waals surface area (Å²) in [5.41, 5.74) is 6.03. The number of carbonyl (C=O) groups excluding carboxylic acids is 3. The molecule has 0 radical (unpaired) electrons. The van der Waals surface area contributed by atoms with Gasteiger partial charge < -0.3 is 14.8 Å². The summed E-state index contributed by atoms with van der Waals surface area (Å²) < 4.78 is 10.4. The first-order chi connectivity index (χ1) is 13.5. The number of hydrogen-bond donors (Lipinski definition) is 3. The van der Waals surface area contributed by atoms with Gasteiger partial charge in [-0.3, -0.25) is 25.2 Å². The lowest BCUT2D eigenvalue weighted by molar-refractivity contribution is -0.117. The van der Waals surface area contributed by atoms with Gasteiger partial charge in [-0.15, -0.1) is 0 Å². The Bertz CT molecular complexity index is 941. The highest BCUT2D eigenvalue weighted by Gasteiger charge is 2.39. The zero-order chi connectivity index (χ0) is 19.7. The van der Waals surface area contributed by atoms with E-state index in [0.29, 0.717) is 34.2 Å². The molecule has 0 aromatic heterocycles. The van der Waals surface area contributed by atoms with E-state index in [1.54, 1.807) is 42.5 Å². The van der Waals surface area contributed by atoms with E-state index in [9.17, 15) is 14.4 Å². The average molecular weight is 381 g/mol. The Balaban J connectivity index is 1.31. The molecule has 2 atom stereocenters. The molecule has 2 aliphatic rings. The maximum Gasteiger partial charge on any atom is 0.269 e. The molecule has 8 nitrogen and oxygen atoms in total. The predicted molar refractivity (Wildman–Crippen MR) is 99.8 cm³/mol. The van der Waals surface area contributed by atoms with Crippen LogP contribution >= 0.6 is 0 Å². The Morgan fingerprint density at radius 1 is 0.893 bits per heavy atom. The minimum atomic E-state index is -0.478. The van der Waals surface area contributed by atoms with Gasteiger partial charge in [-0.2, -0.15) is 0 Å². The summed E-state index contributed by atoms with van der Waals surface area (Å²) in [5.74, 6) is 0.617. The third kappa shape index (κ3) is 3.75. The molecule has 2 aromatic rings. The van der Waals surface area contributed by atoms with Gasteiger partial charge in [0.1, 0.15) is 0 Å². The number of nitrogens with one attached hydrogen (secondary N) is 3. The van der Waals surface area contributed by atoms with Crippen molar-refractivity contribution in [2.45, 2.75) is 13.3 Å². The van der Waals surface area contributed by atoms with E-state index in [1.165, 1.54) is 0 Å². The van der Waals surface area contributed by atoms with Gasteiger partial charge in [-0.25, -0.2) is 0 Å². The van der Waals surface area contributed by atoms with E-state index in [4.69, 9.17) is 9.47 Å². The molecule has 1 aliphatic heterocycles. The molecule has 0 bridgehead atoms. The van der Waals surface area contributed by atoms with Crippen LogP contribution in [0, 0.1) is 11.8 Å². The molecule has 4 rings (SSSR count). The molecule has 1 fully saturated rings. The van der Waals surface area contributed by atoms with Crippen molar-refractivity contribution in [2.75, 3.05) is 12.1 Å². The smallest absolute Gasteiger partial charge is 0.269 e. The third-order valence-corrected chi connectivity index (χ3v) is 4.79. The molecular weight excluding hydrogens is 362 g/mol. The highest BCUT2D eigenvalue weighted by atomic mass is 16.7. The molecular formula is C20H19N3O5. The number of ether oxygens (including phenoxy) is 2. The van der Waals surface area contributed by atoms with Gasteiger partial charge in [0.15, 0.2) is 11.5 Å². The minimum Gasteiger partial charge on any atom is -0.454 e. The molecule has 144 valence electrons. The fraction of sp³-hybridized carbons (Fsp3) is 0.250. The lowest BCUT2D eigenvalue weighted by Gasteiger charge is -2.09. The standard InChI is InChI=1S/C20H19N3O5/c1-11-8-15(11)20(26)21-14-5-2-12(3-6-14)18(24)22-23-19(25)13-4-7-16-17(9-13)28-10-27-16/h2-7,9,11,15H,8,10H2,1H3,(H,21,26)(H,22,24)(H,23,25). The molecule has 0 saturated heterocycles. The van der Waals surface area contributed by atoms with Crippen molar-refractivity contribution in [1.29, 1.82) is 0 Å². The normalized spacial score (nSPS) is 18.9. The summed E-state index contributed by atoms with van der Waals surface area (Å²) in [4.78, 5) is 36.3. The lowest BCUT2D eigenvalue weighted by Crippen LogP contribution is -2.41. The zero-order valence-electron chi connectivity index (χ0n) is 15.2. The van der Waals surface area contributed by atoms with E-state index in [0.717, 1.165) is 6.42 Å². The topological polar surface area (TPSA) is 106 Å². The lowest BCUT2D eigenvalue weighted by atomic mass is 10.2. The Labute approximate surface area is 161 Å². The van der Waals surface area contributed by atoms with Gasteiger partial charge in [-0.05, 0) is 54.8 Å². The largest absolute Gasteiger partial charge is 0.454 e. The molecule has 8 heteroatoms. The number of benzene rings is 2. The van der Waals surface area contributed by atoms with E-state index in [2.05, 4.69) is 16.2 Å². The van der Waals surface area contributed by atoms with Crippen LogP contribution in [0.25, 0.3) is 0 Å². The maximum absolute atomic E-state index is 12.2. The van der Waals surface area contributed by atoms with E-state index in [1.807, 2.05) is 6.92 Å². The highest BCUT2D eigenvalue weighted by molar-refractivity contribution is 6.00. The summed E-state index contributed by atoms with van der Waals surface area (Å²) >= 11 is 0. The van der Waals surface area contributed by atoms with Crippen molar-refractivity contribution in [2.24, 2.45) is 11.8 Å². The van der Waals surface area contributed by atoms with Crippen LogP contribution in [0.15, 0.2) is 42.5 Å². The molecule has 1 saturated carbocycles. The summed E-state index contributed by atoms with van der Waals surface area (Å²) in [6, 6.07) is 11.2. The third-order valence-electron chi connectivity index (χ3n) is 4.79. The first-order valence-electron chi connectivity index (χ1n) is 8.92. The highest BCUT2D eigenvalue weighted by Crippen LogP contribution is 2.38.